The number of benzene rings is 1. The van der Waals surface area contributed by atoms with Gasteiger partial charge in [-0.1, -0.05) is 24.8 Å². The molecule has 2 rings (SSSR count). The molecular formula is C15H19NO2. The molecule has 96 valence electrons. The van der Waals surface area contributed by atoms with Gasteiger partial charge in [0.2, 0.25) is 5.91 Å². The molecule has 3 nitrogen and oxygen atoms in total. The van der Waals surface area contributed by atoms with Gasteiger partial charge in [-0.25, -0.2) is 0 Å². The molecule has 1 amide bonds. The Kier molecular flexibility index (Phi) is 4.40. The molecule has 0 saturated carbocycles. The number of ether oxygens (including phenoxy) is 1. The van der Waals surface area contributed by atoms with Gasteiger partial charge in [0.05, 0.1) is 6.61 Å². The predicted octanol–water partition coefficient (Wildman–Crippen LogP) is 2.49. The fourth-order valence-corrected chi connectivity index (χ4v) is 2.26. The highest BCUT2D eigenvalue weighted by molar-refractivity contribution is 5.87. The average molecular weight is 245 g/mol. The molecule has 1 heterocycles. The predicted molar refractivity (Wildman–Crippen MR) is 71.4 cm³/mol. The summed E-state index contributed by atoms with van der Waals surface area (Å²) in [6.45, 7) is 5.82. The first-order valence-corrected chi connectivity index (χ1v) is 6.39. The lowest BCUT2D eigenvalue weighted by molar-refractivity contribution is -0.127. The molecule has 1 fully saturated rings. The van der Waals surface area contributed by atoms with Gasteiger partial charge in [-0.15, -0.1) is 0 Å². The number of carbonyl (C=O) groups is 1. The number of rotatable bonds is 4. The minimum absolute atomic E-state index is 0.0272. The second-order valence-corrected chi connectivity index (χ2v) is 4.62. The maximum Gasteiger partial charge on any atom is 0.245 e. The zero-order valence-corrected chi connectivity index (χ0v) is 10.5. The largest absolute Gasteiger partial charge is 0.493 e. The SMILES string of the molecule is C=CC(=O)N1CCCC(COc2ccccc2)C1. The Morgan fingerprint density at radius 2 is 2.22 bits per heavy atom. The van der Waals surface area contributed by atoms with Gasteiger partial charge >= 0.3 is 0 Å². The summed E-state index contributed by atoms with van der Waals surface area (Å²) in [7, 11) is 0. The van der Waals surface area contributed by atoms with Crippen LogP contribution >= 0.6 is 0 Å². The van der Waals surface area contributed by atoms with Crippen molar-refractivity contribution in [3.8, 4) is 5.75 Å². The standard InChI is InChI=1S/C15H19NO2/c1-2-15(17)16-10-6-7-13(11-16)12-18-14-8-4-3-5-9-14/h2-5,8-9,13H,1,6-7,10-12H2. The quantitative estimate of drug-likeness (QED) is 0.763. The number of nitrogens with zero attached hydrogens (tertiary/aromatic N) is 1. The van der Waals surface area contributed by atoms with Gasteiger partial charge in [-0.2, -0.15) is 0 Å². The van der Waals surface area contributed by atoms with E-state index in [0.29, 0.717) is 12.5 Å². The van der Waals surface area contributed by atoms with Gasteiger partial charge in [0.1, 0.15) is 5.75 Å². The Morgan fingerprint density at radius 3 is 2.94 bits per heavy atom. The molecule has 18 heavy (non-hydrogen) atoms. The van der Waals surface area contributed by atoms with E-state index in [9.17, 15) is 4.79 Å². The van der Waals surface area contributed by atoms with Gasteiger partial charge in [-0.3, -0.25) is 4.79 Å². The summed E-state index contributed by atoms with van der Waals surface area (Å²) >= 11 is 0. The zero-order chi connectivity index (χ0) is 12.8. The van der Waals surface area contributed by atoms with Crippen molar-refractivity contribution in [3.05, 3.63) is 43.0 Å². The highest BCUT2D eigenvalue weighted by Gasteiger charge is 2.22. The van der Waals surface area contributed by atoms with Crippen LogP contribution in [0.5, 0.6) is 5.75 Å². The molecule has 1 aliphatic heterocycles. The smallest absolute Gasteiger partial charge is 0.245 e. The van der Waals surface area contributed by atoms with E-state index in [1.165, 1.54) is 6.08 Å². The fraction of sp³-hybridized carbons (Fsp3) is 0.400. The van der Waals surface area contributed by atoms with E-state index >= 15 is 0 Å². The first-order valence-electron chi connectivity index (χ1n) is 6.39. The number of hydrogen-bond acceptors (Lipinski definition) is 2. The molecule has 0 spiro atoms. The van der Waals surface area contributed by atoms with Gasteiger partial charge in [0.15, 0.2) is 0 Å². The fourth-order valence-electron chi connectivity index (χ4n) is 2.26. The van der Waals surface area contributed by atoms with Crippen molar-refractivity contribution < 1.29 is 9.53 Å². The van der Waals surface area contributed by atoms with E-state index < -0.39 is 0 Å². The summed E-state index contributed by atoms with van der Waals surface area (Å²) in [5.74, 6) is 1.34. The lowest BCUT2D eigenvalue weighted by Crippen LogP contribution is -2.40. The molecule has 0 bridgehead atoms. The summed E-state index contributed by atoms with van der Waals surface area (Å²) in [5, 5.41) is 0. The molecule has 1 unspecified atom stereocenters. The lowest BCUT2D eigenvalue weighted by atomic mass is 9.99. The molecule has 0 aliphatic carbocycles. The molecule has 1 aromatic carbocycles. The van der Waals surface area contributed by atoms with E-state index in [1.54, 1.807) is 0 Å². The van der Waals surface area contributed by atoms with Crippen LogP contribution in [0.4, 0.5) is 0 Å². The number of carbonyl (C=O) groups excluding carboxylic acids is 1. The van der Waals surface area contributed by atoms with Crippen LogP contribution in [0.1, 0.15) is 12.8 Å². The molecule has 0 radical (unpaired) electrons. The molecule has 0 aromatic heterocycles. The van der Waals surface area contributed by atoms with Crippen LogP contribution in [0.2, 0.25) is 0 Å². The summed E-state index contributed by atoms with van der Waals surface area (Å²) in [4.78, 5) is 13.4. The maximum atomic E-state index is 11.6. The molecule has 1 aliphatic rings. The van der Waals surface area contributed by atoms with Crippen LogP contribution in [-0.4, -0.2) is 30.5 Å². The normalized spacial score (nSPS) is 19.3. The van der Waals surface area contributed by atoms with E-state index in [0.717, 1.165) is 31.7 Å². The van der Waals surface area contributed by atoms with Crippen molar-refractivity contribution in [2.75, 3.05) is 19.7 Å². The van der Waals surface area contributed by atoms with E-state index in [4.69, 9.17) is 4.74 Å². The molecule has 1 saturated heterocycles. The molecular weight excluding hydrogens is 226 g/mol. The van der Waals surface area contributed by atoms with Crippen molar-refractivity contribution in [3.63, 3.8) is 0 Å². The van der Waals surface area contributed by atoms with Crippen molar-refractivity contribution in [1.29, 1.82) is 0 Å². The van der Waals surface area contributed by atoms with Gasteiger partial charge < -0.3 is 9.64 Å². The third-order valence-corrected chi connectivity index (χ3v) is 3.23. The Balaban J connectivity index is 1.83. The van der Waals surface area contributed by atoms with Crippen LogP contribution in [0.3, 0.4) is 0 Å². The maximum absolute atomic E-state index is 11.6. The highest BCUT2D eigenvalue weighted by Crippen LogP contribution is 2.18. The van der Waals surface area contributed by atoms with Crippen molar-refractivity contribution in [2.45, 2.75) is 12.8 Å². The van der Waals surface area contributed by atoms with Crippen LogP contribution < -0.4 is 4.74 Å². The highest BCUT2D eigenvalue weighted by atomic mass is 16.5. The molecule has 1 aromatic rings. The van der Waals surface area contributed by atoms with Crippen molar-refractivity contribution in [1.82, 2.24) is 4.90 Å². The van der Waals surface area contributed by atoms with Crippen LogP contribution in [0.15, 0.2) is 43.0 Å². The zero-order valence-electron chi connectivity index (χ0n) is 10.5. The Bertz CT molecular complexity index is 402. The summed E-state index contributed by atoms with van der Waals surface area (Å²) in [6, 6.07) is 9.80. The Hall–Kier alpha value is -1.77. The van der Waals surface area contributed by atoms with Gasteiger partial charge in [0, 0.05) is 19.0 Å². The molecule has 0 N–H and O–H groups in total. The third kappa shape index (κ3) is 3.36. The Morgan fingerprint density at radius 1 is 1.44 bits per heavy atom. The summed E-state index contributed by atoms with van der Waals surface area (Å²) in [5.41, 5.74) is 0. The summed E-state index contributed by atoms with van der Waals surface area (Å²) in [6.07, 6.45) is 3.55. The number of likely N-dealkylation sites (tertiary alicyclic amines) is 1. The monoisotopic (exact) mass is 245 g/mol. The van der Waals surface area contributed by atoms with Crippen LogP contribution in [-0.2, 0) is 4.79 Å². The number of hydrogen-bond donors (Lipinski definition) is 0. The molecule has 1 atom stereocenters. The first kappa shape index (κ1) is 12.7. The number of amides is 1. The third-order valence-electron chi connectivity index (χ3n) is 3.23. The number of piperidine rings is 1. The minimum atomic E-state index is 0.0272. The van der Waals surface area contributed by atoms with Gasteiger partial charge in [-0.05, 0) is 31.1 Å². The number of para-hydroxylation sites is 1. The van der Waals surface area contributed by atoms with E-state index in [1.807, 2.05) is 35.2 Å². The van der Waals surface area contributed by atoms with Crippen molar-refractivity contribution >= 4 is 5.91 Å². The topological polar surface area (TPSA) is 29.5 Å². The second kappa shape index (κ2) is 6.24. The van der Waals surface area contributed by atoms with Crippen molar-refractivity contribution in [2.24, 2.45) is 5.92 Å². The van der Waals surface area contributed by atoms with E-state index in [-0.39, 0.29) is 5.91 Å². The average Bonchev–Trinajstić information content (AvgIpc) is 2.45. The molecule has 3 heteroatoms. The first-order chi connectivity index (χ1) is 8.79. The lowest BCUT2D eigenvalue weighted by Gasteiger charge is -2.31. The van der Waals surface area contributed by atoms with Gasteiger partial charge in [0.25, 0.3) is 0 Å². The van der Waals surface area contributed by atoms with E-state index in [2.05, 4.69) is 6.58 Å². The second-order valence-electron chi connectivity index (χ2n) is 4.62. The summed E-state index contributed by atoms with van der Waals surface area (Å²) < 4.78 is 5.74. The minimum Gasteiger partial charge on any atom is -0.493 e. The van der Waals surface area contributed by atoms with Crippen LogP contribution in [0, 0.1) is 5.92 Å². The van der Waals surface area contributed by atoms with Crippen LogP contribution in [0.25, 0.3) is 0 Å². The Labute approximate surface area is 108 Å².